The first-order valence-electron chi connectivity index (χ1n) is 11.7. The number of nitrogens with two attached hydrogens (primary N) is 1. The van der Waals surface area contributed by atoms with E-state index < -0.39 is 30.6 Å². The Balaban J connectivity index is 1.71. The molecule has 4 rings (SSSR count). The molecule has 2 heterocycles. The number of hydrogen-bond acceptors (Lipinski definition) is 5. The summed E-state index contributed by atoms with van der Waals surface area (Å²) in [5.41, 5.74) is 9.21. The summed E-state index contributed by atoms with van der Waals surface area (Å²) >= 11 is 0. The highest BCUT2D eigenvalue weighted by molar-refractivity contribution is 6.04. The Morgan fingerprint density at radius 1 is 1.13 bits per heavy atom. The normalized spacial score (nSPS) is 11.9. The van der Waals surface area contributed by atoms with E-state index in [1.165, 1.54) is 12.1 Å². The number of nitrogen functional groups attached to an aromatic ring is 1. The highest BCUT2D eigenvalue weighted by Gasteiger charge is 2.31. The molecule has 0 fully saturated rings. The fourth-order valence-electron chi connectivity index (χ4n) is 4.25. The van der Waals surface area contributed by atoms with Gasteiger partial charge in [-0.05, 0) is 73.8 Å². The zero-order chi connectivity index (χ0) is 27.6. The second-order valence-corrected chi connectivity index (χ2v) is 8.81. The van der Waals surface area contributed by atoms with Crippen molar-refractivity contribution >= 4 is 28.4 Å². The molecule has 7 nitrogen and oxygen atoms in total. The third kappa shape index (κ3) is 5.75. The second-order valence-electron chi connectivity index (χ2n) is 8.81. The Kier molecular flexibility index (Phi) is 7.63. The SMILES string of the molecule is Cc1ccc(NC(=O)c2cccc(C(F)(F)F)c2)cc1-c1nc2n[nH]c(N)c2c(C)c1CCNCC(F)F. The summed E-state index contributed by atoms with van der Waals surface area (Å²) < 4.78 is 64.5. The van der Waals surface area contributed by atoms with Crippen LogP contribution in [0.2, 0.25) is 0 Å². The number of halogens is 5. The summed E-state index contributed by atoms with van der Waals surface area (Å²) in [6.07, 6.45) is -6.70. The lowest BCUT2D eigenvalue weighted by molar-refractivity contribution is -0.137. The van der Waals surface area contributed by atoms with Crippen molar-refractivity contribution in [2.75, 3.05) is 24.1 Å². The molecule has 0 radical (unpaired) electrons. The van der Waals surface area contributed by atoms with Crippen LogP contribution in [0.25, 0.3) is 22.3 Å². The number of aromatic nitrogens is 3. The van der Waals surface area contributed by atoms with Crippen LogP contribution in [0.3, 0.4) is 0 Å². The predicted molar refractivity (Wildman–Crippen MR) is 135 cm³/mol. The molecule has 0 saturated carbocycles. The number of carbonyl (C=O) groups excluding carboxylic acids is 1. The first kappa shape index (κ1) is 27.0. The minimum absolute atomic E-state index is 0.143. The topological polar surface area (TPSA) is 109 Å². The number of H-pyrrole nitrogens is 1. The van der Waals surface area contributed by atoms with Crippen LogP contribution in [-0.2, 0) is 12.6 Å². The van der Waals surface area contributed by atoms with Gasteiger partial charge in [-0.1, -0.05) is 12.1 Å². The van der Waals surface area contributed by atoms with Gasteiger partial charge in [-0.25, -0.2) is 13.8 Å². The molecule has 0 spiro atoms. The summed E-state index contributed by atoms with van der Waals surface area (Å²) in [6.45, 7) is 3.49. The number of alkyl halides is 5. The maximum atomic E-state index is 13.1. The van der Waals surface area contributed by atoms with E-state index in [4.69, 9.17) is 5.73 Å². The molecule has 200 valence electrons. The van der Waals surface area contributed by atoms with Crippen molar-refractivity contribution in [1.82, 2.24) is 20.5 Å². The summed E-state index contributed by atoms with van der Waals surface area (Å²) in [5.74, 6) is -0.376. The van der Waals surface area contributed by atoms with E-state index in [-0.39, 0.29) is 12.1 Å². The fourth-order valence-corrected chi connectivity index (χ4v) is 4.25. The number of pyridine rings is 1. The van der Waals surface area contributed by atoms with E-state index in [0.29, 0.717) is 40.2 Å². The molecule has 0 bridgehead atoms. The molecule has 5 N–H and O–H groups in total. The summed E-state index contributed by atoms with van der Waals surface area (Å²) in [7, 11) is 0. The Bertz CT molecular complexity index is 1480. The molecule has 0 atom stereocenters. The standard InChI is InChI=1S/C26H25F5N6O/c1-13-6-7-17(34-25(38)15-4-3-5-16(10-15)26(29,30)31)11-19(13)22-18(8-9-33-12-20(27)28)14(2)21-23(32)36-37-24(21)35-22/h3-7,10-11,20,33H,8-9,12H2,1-2H3,(H,34,38)(H3,32,35,36,37). The van der Waals surface area contributed by atoms with Crippen LogP contribution in [0, 0.1) is 13.8 Å². The van der Waals surface area contributed by atoms with Crippen molar-refractivity contribution in [3.63, 3.8) is 0 Å². The van der Waals surface area contributed by atoms with Gasteiger partial charge < -0.3 is 16.4 Å². The van der Waals surface area contributed by atoms with E-state index in [0.717, 1.165) is 28.8 Å². The molecular weight excluding hydrogens is 507 g/mol. The molecular formula is C26H25F5N6O. The van der Waals surface area contributed by atoms with E-state index in [2.05, 4.69) is 25.8 Å². The van der Waals surface area contributed by atoms with Crippen LogP contribution < -0.4 is 16.4 Å². The van der Waals surface area contributed by atoms with Crippen LogP contribution >= 0.6 is 0 Å². The lowest BCUT2D eigenvalue weighted by Gasteiger charge is -2.17. The number of rotatable bonds is 8. The maximum Gasteiger partial charge on any atom is 0.416 e. The van der Waals surface area contributed by atoms with E-state index >= 15 is 0 Å². The molecule has 0 unspecified atom stereocenters. The number of carbonyl (C=O) groups is 1. The Morgan fingerprint density at radius 2 is 1.89 bits per heavy atom. The van der Waals surface area contributed by atoms with Gasteiger partial charge in [-0.3, -0.25) is 9.89 Å². The lowest BCUT2D eigenvalue weighted by Crippen LogP contribution is -2.24. The van der Waals surface area contributed by atoms with Gasteiger partial charge in [0.2, 0.25) is 0 Å². The van der Waals surface area contributed by atoms with Crippen LogP contribution in [-0.4, -0.2) is 40.6 Å². The molecule has 2 aromatic carbocycles. The number of benzene rings is 2. The number of aromatic amines is 1. The minimum Gasteiger partial charge on any atom is -0.384 e. The van der Waals surface area contributed by atoms with Crippen LogP contribution in [0.1, 0.15) is 32.6 Å². The maximum absolute atomic E-state index is 13.1. The molecule has 0 saturated heterocycles. The summed E-state index contributed by atoms with van der Waals surface area (Å²) in [4.78, 5) is 17.4. The van der Waals surface area contributed by atoms with Crippen molar-refractivity contribution in [3.05, 3.63) is 70.3 Å². The lowest BCUT2D eigenvalue weighted by atomic mass is 9.94. The second kappa shape index (κ2) is 10.7. The third-order valence-electron chi connectivity index (χ3n) is 6.16. The van der Waals surface area contributed by atoms with Crippen molar-refractivity contribution < 1.29 is 26.7 Å². The Morgan fingerprint density at radius 3 is 2.61 bits per heavy atom. The van der Waals surface area contributed by atoms with Gasteiger partial charge in [0.25, 0.3) is 12.3 Å². The third-order valence-corrected chi connectivity index (χ3v) is 6.16. The Labute approximate surface area is 214 Å². The monoisotopic (exact) mass is 532 g/mol. The van der Waals surface area contributed by atoms with Gasteiger partial charge in [0, 0.05) is 16.8 Å². The summed E-state index contributed by atoms with van der Waals surface area (Å²) in [5, 5.41) is 12.8. The van der Waals surface area contributed by atoms with Crippen molar-refractivity contribution in [2.45, 2.75) is 32.9 Å². The van der Waals surface area contributed by atoms with Crippen LogP contribution in [0.15, 0.2) is 42.5 Å². The number of nitrogens with one attached hydrogen (secondary N) is 3. The van der Waals surface area contributed by atoms with E-state index in [1.54, 1.807) is 18.2 Å². The smallest absolute Gasteiger partial charge is 0.384 e. The molecule has 0 aliphatic carbocycles. The number of amides is 1. The minimum atomic E-state index is -4.58. The number of anilines is 2. The quantitative estimate of drug-likeness (QED) is 0.177. The number of aryl methyl sites for hydroxylation is 2. The number of hydrogen-bond donors (Lipinski definition) is 4. The highest BCUT2D eigenvalue weighted by Crippen LogP contribution is 2.35. The number of nitrogens with zero attached hydrogens (tertiary/aromatic N) is 2. The molecule has 38 heavy (non-hydrogen) atoms. The van der Waals surface area contributed by atoms with E-state index in [1.807, 2.05) is 13.8 Å². The first-order chi connectivity index (χ1) is 18.0. The van der Waals surface area contributed by atoms with Gasteiger partial charge in [-0.15, -0.1) is 0 Å². The van der Waals surface area contributed by atoms with Crippen molar-refractivity contribution in [2.24, 2.45) is 0 Å². The Hall–Kier alpha value is -4.06. The zero-order valence-corrected chi connectivity index (χ0v) is 20.5. The average Bonchev–Trinajstić information content (AvgIpc) is 3.24. The fraction of sp³-hybridized carbons (Fsp3) is 0.269. The number of fused-ring (bicyclic) bond motifs is 1. The largest absolute Gasteiger partial charge is 0.416 e. The van der Waals surface area contributed by atoms with Crippen molar-refractivity contribution in [1.29, 1.82) is 0 Å². The predicted octanol–water partition coefficient (Wildman–Crippen LogP) is 5.49. The molecule has 12 heteroatoms. The highest BCUT2D eigenvalue weighted by atomic mass is 19.4. The van der Waals surface area contributed by atoms with Gasteiger partial charge in [0.1, 0.15) is 5.82 Å². The molecule has 1 amide bonds. The molecule has 0 aliphatic heterocycles. The zero-order valence-electron chi connectivity index (χ0n) is 20.5. The molecule has 2 aromatic heterocycles. The molecule has 4 aromatic rings. The molecule has 0 aliphatic rings. The van der Waals surface area contributed by atoms with Crippen LogP contribution in [0.5, 0.6) is 0 Å². The first-order valence-corrected chi connectivity index (χ1v) is 11.7. The van der Waals surface area contributed by atoms with Gasteiger partial charge in [0.15, 0.2) is 5.65 Å². The average molecular weight is 533 g/mol. The van der Waals surface area contributed by atoms with Crippen LogP contribution in [0.4, 0.5) is 33.5 Å². The summed E-state index contributed by atoms with van der Waals surface area (Å²) in [6, 6.07) is 9.19. The van der Waals surface area contributed by atoms with Crippen molar-refractivity contribution in [3.8, 4) is 11.3 Å². The van der Waals surface area contributed by atoms with Gasteiger partial charge in [0.05, 0.1) is 23.2 Å². The van der Waals surface area contributed by atoms with Gasteiger partial charge in [-0.2, -0.15) is 18.3 Å². The van der Waals surface area contributed by atoms with E-state index in [9.17, 15) is 26.7 Å². The van der Waals surface area contributed by atoms with Gasteiger partial charge >= 0.3 is 6.18 Å².